The summed E-state index contributed by atoms with van der Waals surface area (Å²) < 4.78 is 11.1. The highest BCUT2D eigenvalue weighted by Gasteiger charge is 2.35. The van der Waals surface area contributed by atoms with Crippen LogP contribution in [-0.4, -0.2) is 79.2 Å². The molecule has 1 aliphatic carbocycles. The number of amides is 2. The van der Waals surface area contributed by atoms with Crippen molar-refractivity contribution in [2.24, 2.45) is 0 Å². The van der Waals surface area contributed by atoms with Gasteiger partial charge in [0.1, 0.15) is 12.4 Å². The summed E-state index contributed by atoms with van der Waals surface area (Å²) in [4.78, 5) is 29.0. The Morgan fingerprint density at radius 1 is 1.10 bits per heavy atom. The number of piperidine rings is 1. The lowest BCUT2D eigenvalue weighted by Gasteiger charge is -2.45. The molecule has 0 spiro atoms. The molecule has 0 bridgehead atoms. The average molecular weight is 402 g/mol. The number of para-hydroxylation sites is 1. The molecule has 0 aromatic heterocycles. The van der Waals surface area contributed by atoms with E-state index in [1.807, 2.05) is 35.2 Å². The molecule has 3 fully saturated rings. The molecule has 1 aromatic carbocycles. The fourth-order valence-electron chi connectivity index (χ4n) is 4.38. The van der Waals surface area contributed by atoms with Crippen LogP contribution in [0.15, 0.2) is 30.3 Å². The average Bonchev–Trinajstić information content (AvgIpc) is 2.72. The Morgan fingerprint density at radius 2 is 1.86 bits per heavy atom. The quantitative estimate of drug-likeness (QED) is 0.748. The zero-order chi connectivity index (χ0) is 20.1. The van der Waals surface area contributed by atoms with Crippen LogP contribution >= 0.6 is 0 Å². The summed E-state index contributed by atoms with van der Waals surface area (Å²) in [6, 6.07) is 10.3. The number of benzene rings is 1. The fourth-order valence-corrected chi connectivity index (χ4v) is 4.38. The molecule has 3 aliphatic rings. The number of carbonyl (C=O) groups is 2. The van der Waals surface area contributed by atoms with Crippen molar-refractivity contribution in [1.29, 1.82) is 0 Å². The van der Waals surface area contributed by atoms with Gasteiger partial charge in [-0.05, 0) is 37.8 Å². The summed E-state index contributed by atoms with van der Waals surface area (Å²) in [5.74, 6) is 0.554. The topological polar surface area (TPSA) is 71.1 Å². The van der Waals surface area contributed by atoms with Gasteiger partial charge in [0.2, 0.25) is 5.91 Å². The monoisotopic (exact) mass is 401 g/mol. The van der Waals surface area contributed by atoms with Crippen LogP contribution in [0.5, 0.6) is 5.75 Å². The first-order chi connectivity index (χ1) is 14.2. The van der Waals surface area contributed by atoms with Crippen molar-refractivity contribution in [3.63, 3.8) is 0 Å². The van der Waals surface area contributed by atoms with Crippen molar-refractivity contribution in [3.05, 3.63) is 30.3 Å². The van der Waals surface area contributed by atoms with E-state index in [2.05, 4.69) is 10.2 Å². The summed E-state index contributed by atoms with van der Waals surface area (Å²) in [6.45, 7) is 3.17. The minimum absolute atomic E-state index is 0.0288. The van der Waals surface area contributed by atoms with Crippen LogP contribution in [-0.2, 0) is 14.3 Å². The maximum absolute atomic E-state index is 12.4. The summed E-state index contributed by atoms with van der Waals surface area (Å²) >= 11 is 0. The van der Waals surface area contributed by atoms with Crippen molar-refractivity contribution < 1.29 is 19.1 Å². The molecular formula is C22H31N3O4. The van der Waals surface area contributed by atoms with E-state index in [1.165, 1.54) is 19.3 Å². The van der Waals surface area contributed by atoms with Gasteiger partial charge in [0.25, 0.3) is 5.91 Å². The van der Waals surface area contributed by atoms with Crippen molar-refractivity contribution >= 4 is 11.8 Å². The van der Waals surface area contributed by atoms with Gasteiger partial charge in [-0.2, -0.15) is 0 Å². The van der Waals surface area contributed by atoms with Gasteiger partial charge in [0.15, 0.2) is 6.61 Å². The molecule has 7 nitrogen and oxygen atoms in total. The normalized spacial score (nSPS) is 24.2. The van der Waals surface area contributed by atoms with Crippen molar-refractivity contribution in [3.8, 4) is 5.75 Å². The van der Waals surface area contributed by atoms with Crippen molar-refractivity contribution in [2.75, 3.05) is 39.4 Å². The summed E-state index contributed by atoms with van der Waals surface area (Å²) in [5, 5.41) is 2.86. The standard InChI is InChI=1S/C22H31N3O4/c26-21(15-28-19-7-2-1-3-8-19)23-13-20-14-25(22(27)16-29-20)18-9-11-24(12-10-18)17-5-4-6-17/h1-3,7-8,17-18,20H,4-6,9-16H2,(H,23,26). The SMILES string of the molecule is O=C(COc1ccccc1)NCC1CN(C2CCN(C3CCC3)CC2)C(=O)CO1. The largest absolute Gasteiger partial charge is 0.484 e. The Morgan fingerprint density at radius 3 is 2.55 bits per heavy atom. The number of hydrogen-bond acceptors (Lipinski definition) is 5. The number of likely N-dealkylation sites (tertiary alicyclic amines) is 1. The van der Waals surface area contributed by atoms with Crippen LogP contribution in [0.1, 0.15) is 32.1 Å². The van der Waals surface area contributed by atoms with E-state index in [9.17, 15) is 9.59 Å². The highest BCUT2D eigenvalue weighted by molar-refractivity contribution is 5.79. The lowest BCUT2D eigenvalue weighted by atomic mass is 9.89. The Labute approximate surface area is 172 Å². The molecular weight excluding hydrogens is 370 g/mol. The Balaban J connectivity index is 1.19. The molecule has 29 heavy (non-hydrogen) atoms. The van der Waals surface area contributed by atoms with E-state index < -0.39 is 0 Å². The van der Waals surface area contributed by atoms with Gasteiger partial charge in [0, 0.05) is 38.3 Å². The molecule has 158 valence electrons. The maximum Gasteiger partial charge on any atom is 0.258 e. The third-order valence-electron chi connectivity index (χ3n) is 6.33. The Kier molecular flexibility index (Phi) is 6.67. The third-order valence-corrected chi connectivity index (χ3v) is 6.33. The van der Waals surface area contributed by atoms with Crippen molar-refractivity contribution in [2.45, 2.75) is 50.3 Å². The van der Waals surface area contributed by atoms with E-state index in [1.54, 1.807) is 0 Å². The predicted octanol–water partition coefficient (Wildman–Crippen LogP) is 1.43. The van der Waals surface area contributed by atoms with Gasteiger partial charge in [-0.3, -0.25) is 9.59 Å². The van der Waals surface area contributed by atoms with Gasteiger partial charge in [-0.15, -0.1) is 0 Å². The third kappa shape index (κ3) is 5.28. The number of nitrogens with zero attached hydrogens (tertiary/aromatic N) is 2. The second kappa shape index (κ2) is 9.59. The molecule has 1 atom stereocenters. The van der Waals surface area contributed by atoms with Gasteiger partial charge < -0.3 is 24.6 Å². The Bertz CT molecular complexity index is 687. The zero-order valence-corrected chi connectivity index (χ0v) is 16.9. The molecule has 1 aromatic rings. The van der Waals surface area contributed by atoms with Gasteiger partial charge >= 0.3 is 0 Å². The second-order valence-electron chi connectivity index (χ2n) is 8.24. The molecule has 2 heterocycles. The van der Waals surface area contributed by atoms with E-state index >= 15 is 0 Å². The van der Waals surface area contributed by atoms with Crippen LogP contribution in [0.25, 0.3) is 0 Å². The lowest BCUT2D eigenvalue weighted by molar-refractivity contribution is -0.153. The minimum atomic E-state index is -0.185. The number of rotatable bonds is 7. The van der Waals surface area contributed by atoms with Crippen molar-refractivity contribution in [1.82, 2.24) is 15.1 Å². The zero-order valence-electron chi connectivity index (χ0n) is 16.9. The van der Waals surface area contributed by atoms with E-state index in [0.29, 0.717) is 24.9 Å². The summed E-state index contributed by atoms with van der Waals surface area (Å²) in [6.07, 6.45) is 5.92. The summed E-state index contributed by atoms with van der Waals surface area (Å²) in [5.41, 5.74) is 0. The number of nitrogens with one attached hydrogen (secondary N) is 1. The molecule has 0 radical (unpaired) electrons. The fraction of sp³-hybridized carbons (Fsp3) is 0.636. The van der Waals surface area contributed by atoms with E-state index in [-0.39, 0.29) is 31.1 Å². The minimum Gasteiger partial charge on any atom is -0.484 e. The maximum atomic E-state index is 12.4. The number of hydrogen-bond donors (Lipinski definition) is 1. The van der Waals surface area contributed by atoms with Gasteiger partial charge in [0.05, 0.1) is 6.10 Å². The van der Waals surface area contributed by atoms with Crippen LogP contribution in [0.3, 0.4) is 0 Å². The molecule has 1 unspecified atom stereocenters. The number of ether oxygens (including phenoxy) is 2. The van der Waals surface area contributed by atoms with E-state index in [4.69, 9.17) is 9.47 Å². The van der Waals surface area contributed by atoms with Gasteiger partial charge in [-0.25, -0.2) is 0 Å². The molecule has 4 rings (SSSR count). The van der Waals surface area contributed by atoms with Crippen LogP contribution in [0.2, 0.25) is 0 Å². The number of carbonyl (C=O) groups excluding carboxylic acids is 2. The van der Waals surface area contributed by atoms with Crippen LogP contribution < -0.4 is 10.1 Å². The molecule has 7 heteroatoms. The van der Waals surface area contributed by atoms with Crippen LogP contribution in [0.4, 0.5) is 0 Å². The first-order valence-electron chi connectivity index (χ1n) is 10.8. The highest BCUT2D eigenvalue weighted by Crippen LogP contribution is 2.29. The molecule has 2 aliphatic heterocycles. The van der Waals surface area contributed by atoms with E-state index in [0.717, 1.165) is 32.0 Å². The molecule has 1 N–H and O–H groups in total. The van der Waals surface area contributed by atoms with Crippen LogP contribution in [0, 0.1) is 0 Å². The lowest BCUT2D eigenvalue weighted by Crippen LogP contribution is -2.57. The van der Waals surface area contributed by atoms with Gasteiger partial charge in [-0.1, -0.05) is 24.6 Å². The molecule has 2 amide bonds. The Hall–Kier alpha value is -2.12. The molecule has 1 saturated carbocycles. The first-order valence-corrected chi connectivity index (χ1v) is 10.8. The first kappa shape index (κ1) is 20.2. The molecule has 2 saturated heterocycles. The smallest absolute Gasteiger partial charge is 0.258 e. The number of morpholine rings is 1. The highest BCUT2D eigenvalue weighted by atomic mass is 16.5. The predicted molar refractivity (Wildman–Crippen MR) is 109 cm³/mol. The summed E-state index contributed by atoms with van der Waals surface area (Å²) in [7, 11) is 0. The second-order valence-corrected chi connectivity index (χ2v) is 8.24.